The van der Waals surface area contributed by atoms with E-state index < -0.39 is 0 Å². The van der Waals surface area contributed by atoms with E-state index in [0.717, 1.165) is 0 Å². The molecular formula is C6H9Cl2NO. The van der Waals surface area contributed by atoms with E-state index in [-0.39, 0.29) is 17.9 Å². The van der Waals surface area contributed by atoms with Crippen molar-refractivity contribution >= 4 is 29.1 Å². The Morgan fingerprint density at radius 3 is 2.00 bits per heavy atom. The Kier molecular flexibility index (Phi) is 4.49. The van der Waals surface area contributed by atoms with E-state index in [4.69, 9.17) is 23.2 Å². The zero-order valence-corrected chi connectivity index (χ0v) is 7.24. The number of rotatable bonds is 3. The molecule has 0 aliphatic heterocycles. The third kappa shape index (κ3) is 2.58. The van der Waals surface area contributed by atoms with Crippen LogP contribution in [0.3, 0.4) is 0 Å². The average Bonchev–Trinajstić information content (AvgIpc) is 1.90. The van der Waals surface area contributed by atoms with E-state index in [9.17, 15) is 4.79 Å². The Hall–Kier alpha value is -0.210. The van der Waals surface area contributed by atoms with Crippen LogP contribution in [0.15, 0.2) is 12.2 Å². The van der Waals surface area contributed by atoms with Crippen molar-refractivity contribution < 1.29 is 4.79 Å². The fraction of sp³-hybridized carbons (Fsp3) is 0.500. The Morgan fingerprint density at radius 1 is 1.50 bits per heavy atom. The quantitative estimate of drug-likeness (QED) is 0.370. The van der Waals surface area contributed by atoms with Gasteiger partial charge >= 0.3 is 0 Å². The lowest BCUT2D eigenvalue weighted by molar-refractivity contribution is -0.125. The van der Waals surface area contributed by atoms with Crippen LogP contribution in [0.5, 0.6) is 0 Å². The van der Waals surface area contributed by atoms with Crippen molar-refractivity contribution in [1.82, 2.24) is 4.90 Å². The second-order valence-electron chi connectivity index (χ2n) is 1.86. The average molecular weight is 182 g/mol. The molecule has 0 spiro atoms. The predicted octanol–water partition coefficient (Wildman–Crippen LogP) is 1.78. The van der Waals surface area contributed by atoms with Crippen molar-refractivity contribution in [3.63, 3.8) is 0 Å². The topological polar surface area (TPSA) is 20.3 Å². The summed E-state index contributed by atoms with van der Waals surface area (Å²) in [5, 5.41) is 0. The van der Waals surface area contributed by atoms with Crippen LogP contribution in [0.25, 0.3) is 0 Å². The summed E-state index contributed by atoms with van der Waals surface area (Å²) in [6.07, 6.45) is 0. The molecule has 0 bridgehead atoms. The molecule has 0 atom stereocenters. The number of amides is 1. The molecule has 0 saturated carbocycles. The molecule has 0 saturated heterocycles. The summed E-state index contributed by atoms with van der Waals surface area (Å²) in [6.45, 7) is 5.08. The van der Waals surface area contributed by atoms with Crippen molar-refractivity contribution in [1.29, 1.82) is 0 Å². The van der Waals surface area contributed by atoms with Gasteiger partial charge < -0.3 is 4.90 Å². The molecule has 0 aromatic heterocycles. The number of carbonyl (C=O) groups excluding carboxylic acids is 1. The summed E-state index contributed by atoms with van der Waals surface area (Å²) < 4.78 is 0. The fourth-order valence-corrected chi connectivity index (χ4v) is 0.883. The molecule has 0 rings (SSSR count). The van der Waals surface area contributed by atoms with Gasteiger partial charge in [0.15, 0.2) is 0 Å². The third-order valence-electron chi connectivity index (χ3n) is 0.941. The van der Waals surface area contributed by atoms with Crippen molar-refractivity contribution in [2.45, 2.75) is 6.92 Å². The smallest absolute Gasteiger partial charge is 0.250 e. The molecule has 10 heavy (non-hydrogen) atoms. The number of alkyl halides is 2. The van der Waals surface area contributed by atoms with E-state index in [2.05, 4.69) is 6.58 Å². The summed E-state index contributed by atoms with van der Waals surface area (Å²) >= 11 is 10.8. The van der Waals surface area contributed by atoms with Crippen LogP contribution in [0.1, 0.15) is 6.92 Å². The maximum Gasteiger partial charge on any atom is 0.250 e. The molecule has 1 amide bonds. The van der Waals surface area contributed by atoms with Gasteiger partial charge in [0.2, 0.25) is 0 Å². The zero-order valence-electron chi connectivity index (χ0n) is 5.73. The molecule has 0 aliphatic carbocycles. The summed E-state index contributed by atoms with van der Waals surface area (Å²) in [5.74, 6) is -0.204. The predicted molar refractivity (Wildman–Crippen MR) is 43.1 cm³/mol. The minimum Gasteiger partial charge on any atom is -0.311 e. The second-order valence-corrected chi connectivity index (χ2v) is 2.34. The van der Waals surface area contributed by atoms with Crippen molar-refractivity contribution in [2.24, 2.45) is 0 Å². The lowest BCUT2D eigenvalue weighted by Crippen LogP contribution is -2.28. The van der Waals surface area contributed by atoms with Gasteiger partial charge in [0.25, 0.3) is 5.91 Å². The first kappa shape index (κ1) is 9.79. The van der Waals surface area contributed by atoms with Gasteiger partial charge in [-0.25, -0.2) is 0 Å². The highest BCUT2D eigenvalue weighted by Crippen LogP contribution is 2.00. The van der Waals surface area contributed by atoms with Crippen molar-refractivity contribution in [3.8, 4) is 0 Å². The number of hydrogen-bond donors (Lipinski definition) is 0. The number of nitrogens with zero attached hydrogens (tertiary/aromatic N) is 1. The van der Waals surface area contributed by atoms with E-state index in [1.54, 1.807) is 6.92 Å². The van der Waals surface area contributed by atoms with Gasteiger partial charge in [0.1, 0.15) is 0 Å². The molecule has 0 heterocycles. The number of carbonyl (C=O) groups is 1. The van der Waals surface area contributed by atoms with Gasteiger partial charge in [-0.2, -0.15) is 0 Å². The van der Waals surface area contributed by atoms with E-state index >= 15 is 0 Å². The molecule has 0 aromatic rings. The van der Waals surface area contributed by atoms with E-state index in [1.807, 2.05) is 0 Å². The number of halogens is 2. The van der Waals surface area contributed by atoms with Gasteiger partial charge in [-0.1, -0.05) is 6.58 Å². The maximum absolute atomic E-state index is 11.0. The van der Waals surface area contributed by atoms with Crippen LogP contribution in [0, 0.1) is 0 Å². The standard InChI is InChI=1S/C6H9Cl2NO/c1-5(2)6(10)9(3-7)4-8/h1,3-4H2,2H3. The van der Waals surface area contributed by atoms with Gasteiger partial charge in [-0.05, 0) is 6.92 Å². The zero-order chi connectivity index (χ0) is 8.15. The third-order valence-corrected chi connectivity index (χ3v) is 1.52. The minimum absolute atomic E-state index is 0.106. The molecule has 0 unspecified atom stereocenters. The van der Waals surface area contributed by atoms with Gasteiger partial charge in [0, 0.05) is 5.57 Å². The molecule has 0 N–H and O–H groups in total. The minimum atomic E-state index is -0.204. The van der Waals surface area contributed by atoms with Crippen molar-refractivity contribution in [2.75, 3.05) is 12.0 Å². The molecular weight excluding hydrogens is 173 g/mol. The molecule has 0 radical (unpaired) electrons. The summed E-state index contributed by atoms with van der Waals surface area (Å²) in [6, 6.07) is 0.213. The highest BCUT2D eigenvalue weighted by molar-refractivity contribution is 6.22. The Labute approximate surface area is 70.4 Å². The van der Waals surface area contributed by atoms with E-state index in [0.29, 0.717) is 5.57 Å². The summed E-state index contributed by atoms with van der Waals surface area (Å²) in [4.78, 5) is 12.2. The van der Waals surface area contributed by atoms with Crippen LogP contribution < -0.4 is 0 Å². The molecule has 4 heteroatoms. The van der Waals surface area contributed by atoms with Gasteiger partial charge in [0.05, 0.1) is 12.0 Å². The summed E-state index contributed by atoms with van der Waals surface area (Å²) in [7, 11) is 0. The van der Waals surface area contributed by atoms with E-state index in [1.165, 1.54) is 4.90 Å². The Bertz CT molecular complexity index is 143. The van der Waals surface area contributed by atoms with Gasteiger partial charge in [-0.3, -0.25) is 4.79 Å². The Balaban J connectivity index is 4.02. The van der Waals surface area contributed by atoms with Crippen molar-refractivity contribution in [3.05, 3.63) is 12.2 Å². The molecule has 58 valence electrons. The van der Waals surface area contributed by atoms with Crippen LogP contribution in [0.4, 0.5) is 0 Å². The maximum atomic E-state index is 11.0. The lowest BCUT2D eigenvalue weighted by atomic mass is 10.3. The fourth-order valence-electron chi connectivity index (χ4n) is 0.410. The molecule has 0 aromatic carbocycles. The van der Waals surface area contributed by atoms with Crippen LogP contribution in [0.2, 0.25) is 0 Å². The van der Waals surface area contributed by atoms with Crippen LogP contribution in [-0.2, 0) is 4.79 Å². The normalized spacial score (nSPS) is 9.10. The summed E-state index contributed by atoms with van der Waals surface area (Å²) in [5.41, 5.74) is 0.446. The monoisotopic (exact) mass is 181 g/mol. The molecule has 2 nitrogen and oxygen atoms in total. The number of hydrogen-bond acceptors (Lipinski definition) is 1. The highest BCUT2D eigenvalue weighted by Gasteiger charge is 2.10. The highest BCUT2D eigenvalue weighted by atomic mass is 35.5. The van der Waals surface area contributed by atoms with Crippen LogP contribution >= 0.6 is 23.2 Å². The first-order valence-corrected chi connectivity index (χ1v) is 3.77. The molecule has 0 fully saturated rings. The second kappa shape index (κ2) is 4.58. The first-order chi connectivity index (χ1) is 4.63. The van der Waals surface area contributed by atoms with Crippen LogP contribution in [-0.4, -0.2) is 22.8 Å². The van der Waals surface area contributed by atoms with Gasteiger partial charge in [-0.15, -0.1) is 23.2 Å². The SMILES string of the molecule is C=C(C)C(=O)N(CCl)CCl. The first-order valence-electron chi connectivity index (χ1n) is 2.70. The largest absolute Gasteiger partial charge is 0.311 e. The lowest BCUT2D eigenvalue weighted by Gasteiger charge is -2.15. The molecule has 0 aliphatic rings. The Morgan fingerprint density at radius 2 is 1.90 bits per heavy atom.